The van der Waals surface area contributed by atoms with Crippen molar-refractivity contribution in [2.24, 2.45) is 5.73 Å². The minimum absolute atomic E-state index is 0.386. The van der Waals surface area contributed by atoms with Gasteiger partial charge in [0.15, 0.2) is 0 Å². The van der Waals surface area contributed by atoms with Gasteiger partial charge in [0.2, 0.25) is 0 Å². The van der Waals surface area contributed by atoms with Crippen molar-refractivity contribution in [2.75, 3.05) is 0 Å². The van der Waals surface area contributed by atoms with Crippen LogP contribution in [0, 0.1) is 13.8 Å². The SMILES string of the molecule is Cc1ccc(-c2c(CN)nnn2Cc2ccccc2C)cc1. The lowest BCUT2D eigenvalue weighted by Crippen LogP contribution is -2.06. The molecule has 3 aromatic rings. The standard InChI is InChI=1S/C18H20N4/c1-13-7-9-15(10-8-13)18-17(11-19)20-21-22(18)12-16-6-4-3-5-14(16)2/h3-10H,11-12,19H2,1-2H3. The summed E-state index contributed by atoms with van der Waals surface area (Å²) in [6.07, 6.45) is 0. The summed E-state index contributed by atoms with van der Waals surface area (Å²) < 4.78 is 1.94. The predicted octanol–water partition coefficient (Wildman–Crippen LogP) is 3.07. The largest absolute Gasteiger partial charge is 0.325 e. The van der Waals surface area contributed by atoms with Crippen LogP contribution in [-0.4, -0.2) is 15.0 Å². The fourth-order valence-corrected chi connectivity index (χ4v) is 2.57. The van der Waals surface area contributed by atoms with E-state index in [2.05, 4.69) is 66.6 Å². The van der Waals surface area contributed by atoms with E-state index in [1.54, 1.807) is 0 Å². The number of hydrogen-bond donors (Lipinski definition) is 1. The quantitative estimate of drug-likeness (QED) is 0.804. The van der Waals surface area contributed by atoms with Gasteiger partial charge in [-0.15, -0.1) is 5.10 Å². The number of aryl methyl sites for hydroxylation is 2. The third-order valence-corrected chi connectivity index (χ3v) is 3.90. The maximum atomic E-state index is 5.84. The molecule has 22 heavy (non-hydrogen) atoms. The molecule has 0 aliphatic carbocycles. The van der Waals surface area contributed by atoms with Crippen molar-refractivity contribution in [1.82, 2.24) is 15.0 Å². The first-order valence-corrected chi connectivity index (χ1v) is 7.43. The van der Waals surface area contributed by atoms with Crippen LogP contribution in [0.25, 0.3) is 11.3 Å². The number of benzene rings is 2. The molecule has 0 spiro atoms. The molecular weight excluding hydrogens is 272 g/mol. The molecule has 0 saturated heterocycles. The Labute approximate surface area is 130 Å². The fraction of sp³-hybridized carbons (Fsp3) is 0.222. The second-order valence-electron chi connectivity index (χ2n) is 5.54. The summed E-state index contributed by atoms with van der Waals surface area (Å²) in [6.45, 7) is 5.28. The van der Waals surface area contributed by atoms with Gasteiger partial charge < -0.3 is 5.73 Å². The zero-order valence-corrected chi connectivity index (χ0v) is 13.0. The van der Waals surface area contributed by atoms with Crippen molar-refractivity contribution in [3.63, 3.8) is 0 Å². The zero-order chi connectivity index (χ0) is 15.5. The second-order valence-corrected chi connectivity index (χ2v) is 5.54. The molecular formula is C18H20N4. The Morgan fingerprint density at radius 1 is 1.00 bits per heavy atom. The van der Waals surface area contributed by atoms with E-state index in [1.807, 2.05) is 10.7 Å². The van der Waals surface area contributed by atoms with Crippen LogP contribution in [0.3, 0.4) is 0 Å². The Balaban J connectivity index is 2.04. The van der Waals surface area contributed by atoms with E-state index in [4.69, 9.17) is 5.73 Å². The lowest BCUT2D eigenvalue weighted by molar-refractivity contribution is 0.652. The number of nitrogens with two attached hydrogens (primary N) is 1. The van der Waals surface area contributed by atoms with Crippen molar-refractivity contribution < 1.29 is 0 Å². The van der Waals surface area contributed by atoms with Crippen LogP contribution in [0.2, 0.25) is 0 Å². The maximum absolute atomic E-state index is 5.84. The highest BCUT2D eigenvalue weighted by molar-refractivity contribution is 5.62. The molecule has 4 nitrogen and oxygen atoms in total. The smallest absolute Gasteiger partial charge is 0.104 e. The number of hydrogen-bond acceptors (Lipinski definition) is 3. The molecule has 0 saturated carbocycles. The van der Waals surface area contributed by atoms with Crippen LogP contribution in [0.4, 0.5) is 0 Å². The Bertz CT molecular complexity index is 772. The second kappa shape index (κ2) is 6.12. The lowest BCUT2D eigenvalue weighted by atomic mass is 10.1. The molecule has 0 bridgehead atoms. The molecule has 0 fully saturated rings. The van der Waals surface area contributed by atoms with Crippen LogP contribution in [0.1, 0.15) is 22.4 Å². The Morgan fingerprint density at radius 2 is 1.73 bits per heavy atom. The molecule has 4 heteroatoms. The van der Waals surface area contributed by atoms with Gasteiger partial charge in [-0.25, -0.2) is 4.68 Å². The van der Waals surface area contributed by atoms with Gasteiger partial charge in [-0.1, -0.05) is 59.3 Å². The van der Waals surface area contributed by atoms with Crippen LogP contribution in [0.15, 0.2) is 48.5 Å². The molecule has 0 unspecified atom stereocenters. The average Bonchev–Trinajstić information content (AvgIpc) is 2.93. The van der Waals surface area contributed by atoms with E-state index in [1.165, 1.54) is 16.7 Å². The Morgan fingerprint density at radius 3 is 2.41 bits per heavy atom. The molecule has 0 atom stereocenters. The third-order valence-electron chi connectivity index (χ3n) is 3.90. The van der Waals surface area contributed by atoms with Crippen molar-refractivity contribution in [3.05, 3.63) is 70.9 Å². The topological polar surface area (TPSA) is 56.7 Å². The van der Waals surface area contributed by atoms with E-state index in [-0.39, 0.29) is 0 Å². The first-order chi connectivity index (χ1) is 10.7. The molecule has 0 aliphatic rings. The summed E-state index contributed by atoms with van der Waals surface area (Å²) in [5.41, 5.74) is 12.5. The van der Waals surface area contributed by atoms with Crippen LogP contribution in [0.5, 0.6) is 0 Å². The molecule has 1 aromatic heterocycles. The van der Waals surface area contributed by atoms with Crippen LogP contribution >= 0.6 is 0 Å². The fourth-order valence-electron chi connectivity index (χ4n) is 2.57. The molecule has 2 aromatic carbocycles. The highest BCUT2D eigenvalue weighted by atomic mass is 15.4. The average molecular weight is 292 g/mol. The minimum Gasteiger partial charge on any atom is -0.325 e. The summed E-state index contributed by atoms with van der Waals surface area (Å²) in [5.74, 6) is 0. The van der Waals surface area contributed by atoms with Crippen LogP contribution in [-0.2, 0) is 13.1 Å². The third kappa shape index (κ3) is 2.78. The van der Waals surface area contributed by atoms with E-state index < -0.39 is 0 Å². The molecule has 3 rings (SSSR count). The molecule has 0 amide bonds. The summed E-state index contributed by atoms with van der Waals surface area (Å²) in [7, 11) is 0. The van der Waals surface area contributed by atoms with Gasteiger partial charge in [-0.3, -0.25) is 0 Å². The summed E-state index contributed by atoms with van der Waals surface area (Å²) >= 11 is 0. The van der Waals surface area contributed by atoms with Crippen molar-refractivity contribution in [1.29, 1.82) is 0 Å². The summed E-state index contributed by atoms with van der Waals surface area (Å²) in [5, 5.41) is 8.56. The summed E-state index contributed by atoms with van der Waals surface area (Å²) in [4.78, 5) is 0. The number of aromatic nitrogens is 3. The first-order valence-electron chi connectivity index (χ1n) is 7.43. The van der Waals surface area contributed by atoms with Gasteiger partial charge in [-0.2, -0.15) is 0 Å². The molecule has 0 radical (unpaired) electrons. The number of nitrogens with zero attached hydrogens (tertiary/aromatic N) is 3. The van der Waals surface area contributed by atoms with Gasteiger partial charge in [0.1, 0.15) is 5.69 Å². The van der Waals surface area contributed by atoms with Crippen molar-refractivity contribution in [3.8, 4) is 11.3 Å². The predicted molar refractivity (Wildman–Crippen MR) is 88.4 cm³/mol. The van der Waals surface area contributed by atoms with Gasteiger partial charge >= 0.3 is 0 Å². The van der Waals surface area contributed by atoms with Crippen molar-refractivity contribution in [2.45, 2.75) is 26.9 Å². The monoisotopic (exact) mass is 292 g/mol. The van der Waals surface area contributed by atoms with E-state index in [0.717, 1.165) is 17.0 Å². The molecule has 112 valence electrons. The maximum Gasteiger partial charge on any atom is 0.104 e. The highest BCUT2D eigenvalue weighted by Crippen LogP contribution is 2.24. The summed E-state index contributed by atoms with van der Waals surface area (Å²) in [6, 6.07) is 16.7. The van der Waals surface area contributed by atoms with Crippen LogP contribution < -0.4 is 5.73 Å². The molecule has 0 aliphatic heterocycles. The minimum atomic E-state index is 0.386. The Hall–Kier alpha value is -2.46. The van der Waals surface area contributed by atoms with Gasteiger partial charge in [0.25, 0.3) is 0 Å². The van der Waals surface area contributed by atoms with Crippen molar-refractivity contribution >= 4 is 0 Å². The van der Waals surface area contributed by atoms with Gasteiger partial charge in [-0.05, 0) is 25.0 Å². The normalized spacial score (nSPS) is 10.9. The highest BCUT2D eigenvalue weighted by Gasteiger charge is 2.14. The molecule has 2 N–H and O–H groups in total. The lowest BCUT2D eigenvalue weighted by Gasteiger charge is -2.10. The Kier molecular flexibility index (Phi) is 4.02. The van der Waals surface area contributed by atoms with E-state index in [0.29, 0.717) is 13.1 Å². The first kappa shape index (κ1) is 14.5. The molecule has 1 heterocycles. The van der Waals surface area contributed by atoms with E-state index >= 15 is 0 Å². The van der Waals surface area contributed by atoms with Gasteiger partial charge in [0, 0.05) is 12.1 Å². The van der Waals surface area contributed by atoms with Gasteiger partial charge in [0.05, 0.1) is 12.2 Å². The number of rotatable bonds is 4. The van der Waals surface area contributed by atoms with E-state index in [9.17, 15) is 0 Å². The zero-order valence-electron chi connectivity index (χ0n) is 13.0.